The summed E-state index contributed by atoms with van der Waals surface area (Å²) in [5, 5.41) is 16.7. The van der Waals surface area contributed by atoms with Gasteiger partial charge < -0.3 is 25.2 Å². The lowest BCUT2D eigenvalue weighted by molar-refractivity contribution is 0.0203. The van der Waals surface area contributed by atoms with Crippen LogP contribution in [0.25, 0.3) is 0 Å². The van der Waals surface area contributed by atoms with Gasteiger partial charge in [0.05, 0.1) is 12.6 Å². The number of nitrogens with zero attached hydrogens (tertiary/aromatic N) is 2. The number of hydrogen-bond acceptors (Lipinski definition) is 5. The lowest BCUT2D eigenvalue weighted by Gasteiger charge is -2.21. The first kappa shape index (κ1) is 20.6. The maximum atomic E-state index is 10.2. The normalized spacial score (nSPS) is 17.1. The van der Waals surface area contributed by atoms with Gasteiger partial charge in [0.15, 0.2) is 5.96 Å². The van der Waals surface area contributed by atoms with Crippen molar-refractivity contribution < 1.29 is 14.6 Å². The van der Waals surface area contributed by atoms with E-state index in [0.717, 1.165) is 64.3 Å². The molecule has 0 bridgehead atoms. The molecule has 1 aliphatic rings. The Morgan fingerprint density at radius 2 is 2.12 bits per heavy atom. The Hall–Kier alpha value is -1.70. The number of ether oxygens (including phenoxy) is 2. The molecular formula is C19H32N4O3. The van der Waals surface area contributed by atoms with Crippen molar-refractivity contribution in [2.45, 2.75) is 32.3 Å². The van der Waals surface area contributed by atoms with E-state index in [9.17, 15) is 5.11 Å². The van der Waals surface area contributed by atoms with Gasteiger partial charge in [-0.25, -0.2) is 0 Å². The molecule has 3 N–H and O–H groups in total. The van der Waals surface area contributed by atoms with Gasteiger partial charge in [-0.15, -0.1) is 0 Å². The van der Waals surface area contributed by atoms with E-state index in [-0.39, 0.29) is 0 Å². The van der Waals surface area contributed by atoms with Crippen LogP contribution < -0.4 is 10.6 Å². The highest BCUT2D eigenvalue weighted by atomic mass is 16.5. The van der Waals surface area contributed by atoms with Gasteiger partial charge in [-0.1, -0.05) is 0 Å². The third kappa shape index (κ3) is 8.12. The zero-order valence-corrected chi connectivity index (χ0v) is 15.7. The maximum absolute atomic E-state index is 10.2. The average Bonchev–Trinajstić information content (AvgIpc) is 2.69. The van der Waals surface area contributed by atoms with Crippen LogP contribution in [0, 0.1) is 5.92 Å². The van der Waals surface area contributed by atoms with Crippen LogP contribution in [-0.4, -0.2) is 62.1 Å². The minimum atomic E-state index is -0.628. The summed E-state index contributed by atoms with van der Waals surface area (Å²) < 4.78 is 11.1. The highest BCUT2D eigenvalue weighted by Gasteiger charge is 2.13. The molecule has 1 unspecified atom stereocenters. The highest BCUT2D eigenvalue weighted by molar-refractivity contribution is 5.79. The van der Waals surface area contributed by atoms with Crippen LogP contribution in [0.15, 0.2) is 29.5 Å². The van der Waals surface area contributed by atoms with Gasteiger partial charge >= 0.3 is 0 Å². The zero-order chi connectivity index (χ0) is 18.5. The Bertz CT molecular complexity index is 507. The molecule has 1 aliphatic heterocycles. The molecule has 146 valence electrons. The lowest BCUT2D eigenvalue weighted by Crippen LogP contribution is -2.38. The summed E-state index contributed by atoms with van der Waals surface area (Å²) in [6.07, 6.45) is 5.85. The fourth-order valence-corrected chi connectivity index (χ4v) is 2.75. The van der Waals surface area contributed by atoms with Crippen molar-refractivity contribution in [3.8, 4) is 0 Å². The summed E-state index contributed by atoms with van der Waals surface area (Å²) in [4.78, 5) is 8.41. The summed E-state index contributed by atoms with van der Waals surface area (Å²) in [5.74, 6) is 1.36. The van der Waals surface area contributed by atoms with Gasteiger partial charge in [-0.05, 0) is 49.8 Å². The zero-order valence-electron chi connectivity index (χ0n) is 15.7. The van der Waals surface area contributed by atoms with E-state index in [0.29, 0.717) is 18.4 Å². The quantitative estimate of drug-likeness (QED) is 0.331. The summed E-state index contributed by atoms with van der Waals surface area (Å²) in [6.45, 7) is 7.18. The van der Waals surface area contributed by atoms with Crippen molar-refractivity contribution in [2.24, 2.45) is 10.9 Å². The van der Waals surface area contributed by atoms with E-state index in [2.05, 4.69) is 20.6 Å². The molecule has 26 heavy (non-hydrogen) atoms. The molecule has 1 saturated heterocycles. The monoisotopic (exact) mass is 364 g/mol. The molecule has 0 radical (unpaired) electrons. The molecule has 1 aromatic heterocycles. The molecule has 2 heterocycles. The number of hydrogen-bond donors (Lipinski definition) is 3. The summed E-state index contributed by atoms with van der Waals surface area (Å²) in [5.41, 5.74) is 0.820. The van der Waals surface area contributed by atoms with E-state index in [1.54, 1.807) is 24.5 Å². The van der Waals surface area contributed by atoms with E-state index < -0.39 is 6.10 Å². The number of pyridine rings is 1. The fraction of sp³-hybridized carbons (Fsp3) is 0.684. The minimum Gasteiger partial charge on any atom is -0.386 e. The first-order valence-corrected chi connectivity index (χ1v) is 9.55. The van der Waals surface area contributed by atoms with Gasteiger partial charge in [0.1, 0.15) is 0 Å². The smallest absolute Gasteiger partial charge is 0.191 e. The predicted molar refractivity (Wildman–Crippen MR) is 102 cm³/mol. The summed E-state index contributed by atoms with van der Waals surface area (Å²) in [6, 6.07) is 3.60. The first-order chi connectivity index (χ1) is 12.8. The maximum Gasteiger partial charge on any atom is 0.191 e. The van der Waals surface area contributed by atoms with Gasteiger partial charge in [-0.3, -0.25) is 9.98 Å². The van der Waals surface area contributed by atoms with Crippen LogP contribution in [0.3, 0.4) is 0 Å². The standard InChI is InChI=1S/C19H32N4O3/c1-2-21-19(23-14-18(24)17-4-9-20-10-5-17)22-8-3-11-26-15-16-6-12-25-13-7-16/h4-5,9-10,16,18,24H,2-3,6-8,11-15H2,1H3,(H2,21,22,23). The summed E-state index contributed by atoms with van der Waals surface area (Å²) >= 11 is 0. The predicted octanol–water partition coefficient (Wildman–Crippen LogP) is 1.50. The average molecular weight is 364 g/mol. The molecule has 0 amide bonds. The van der Waals surface area contributed by atoms with Crippen LogP contribution >= 0.6 is 0 Å². The third-order valence-electron chi connectivity index (χ3n) is 4.31. The number of aliphatic hydroxyl groups is 1. The molecule has 0 aliphatic carbocycles. The number of nitrogens with one attached hydrogen (secondary N) is 2. The Kier molecular flexibility index (Phi) is 10.0. The molecule has 2 rings (SSSR count). The van der Waals surface area contributed by atoms with Gasteiger partial charge in [0, 0.05) is 51.9 Å². The second kappa shape index (κ2) is 12.6. The number of aliphatic hydroxyl groups excluding tert-OH is 1. The molecule has 7 heteroatoms. The third-order valence-corrected chi connectivity index (χ3v) is 4.31. The Labute approximate surface area is 156 Å². The molecule has 0 aromatic carbocycles. The van der Waals surface area contributed by atoms with Crippen molar-refractivity contribution in [3.05, 3.63) is 30.1 Å². The molecule has 1 fully saturated rings. The van der Waals surface area contributed by atoms with Crippen molar-refractivity contribution in [1.82, 2.24) is 15.6 Å². The highest BCUT2D eigenvalue weighted by Crippen LogP contribution is 2.14. The Morgan fingerprint density at radius 1 is 1.35 bits per heavy atom. The molecule has 0 spiro atoms. The Balaban J connectivity index is 1.62. The van der Waals surface area contributed by atoms with E-state index in [4.69, 9.17) is 9.47 Å². The molecule has 1 aromatic rings. The van der Waals surface area contributed by atoms with Crippen LogP contribution in [0.1, 0.15) is 37.9 Å². The van der Waals surface area contributed by atoms with Crippen molar-refractivity contribution in [2.75, 3.05) is 46.1 Å². The van der Waals surface area contributed by atoms with E-state index >= 15 is 0 Å². The van der Waals surface area contributed by atoms with Gasteiger partial charge in [-0.2, -0.15) is 0 Å². The van der Waals surface area contributed by atoms with Crippen molar-refractivity contribution >= 4 is 5.96 Å². The molecule has 0 saturated carbocycles. The Morgan fingerprint density at radius 3 is 2.85 bits per heavy atom. The first-order valence-electron chi connectivity index (χ1n) is 9.55. The second-order valence-corrected chi connectivity index (χ2v) is 6.43. The SMILES string of the molecule is CCNC(=NCC(O)c1ccncc1)NCCCOCC1CCOCC1. The molecular weight excluding hydrogens is 332 g/mol. The van der Waals surface area contributed by atoms with E-state index in [1.807, 2.05) is 6.92 Å². The topological polar surface area (TPSA) is 88.0 Å². The largest absolute Gasteiger partial charge is 0.386 e. The number of aromatic nitrogens is 1. The number of rotatable bonds is 10. The van der Waals surface area contributed by atoms with Crippen LogP contribution in [0.5, 0.6) is 0 Å². The van der Waals surface area contributed by atoms with Crippen molar-refractivity contribution in [3.63, 3.8) is 0 Å². The van der Waals surface area contributed by atoms with Crippen LogP contribution in [0.4, 0.5) is 0 Å². The van der Waals surface area contributed by atoms with Crippen LogP contribution in [0.2, 0.25) is 0 Å². The second-order valence-electron chi connectivity index (χ2n) is 6.43. The van der Waals surface area contributed by atoms with E-state index in [1.165, 1.54) is 0 Å². The number of aliphatic imine (C=N–C) groups is 1. The minimum absolute atomic E-state index is 0.305. The van der Waals surface area contributed by atoms with Crippen molar-refractivity contribution in [1.29, 1.82) is 0 Å². The van der Waals surface area contributed by atoms with Crippen LogP contribution in [-0.2, 0) is 9.47 Å². The number of guanidine groups is 1. The van der Waals surface area contributed by atoms with Gasteiger partial charge in [0.25, 0.3) is 0 Å². The summed E-state index contributed by atoms with van der Waals surface area (Å²) in [7, 11) is 0. The van der Waals surface area contributed by atoms with Gasteiger partial charge in [0.2, 0.25) is 0 Å². The fourth-order valence-electron chi connectivity index (χ4n) is 2.75. The molecule has 7 nitrogen and oxygen atoms in total. The molecule has 1 atom stereocenters. The lowest BCUT2D eigenvalue weighted by atomic mass is 10.0.